The Morgan fingerprint density at radius 2 is 2.17 bits per heavy atom. The van der Waals surface area contributed by atoms with Crippen LogP contribution in [0.5, 0.6) is 0 Å². The molecule has 0 heterocycles. The van der Waals surface area contributed by atoms with Crippen molar-refractivity contribution in [1.82, 2.24) is 0 Å². The largest absolute Gasteiger partial charge is 0.478 e. The van der Waals surface area contributed by atoms with Gasteiger partial charge in [-0.15, -0.1) is 0 Å². The van der Waals surface area contributed by atoms with E-state index in [4.69, 9.17) is 5.11 Å². The van der Waals surface area contributed by atoms with Crippen molar-refractivity contribution in [2.75, 3.05) is 11.4 Å². The minimum atomic E-state index is -0.915. The maximum Gasteiger partial charge on any atom is 0.335 e. The summed E-state index contributed by atoms with van der Waals surface area (Å²) >= 11 is 4.20. The van der Waals surface area contributed by atoms with Crippen molar-refractivity contribution in [2.24, 2.45) is 11.8 Å². The highest BCUT2D eigenvalue weighted by molar-refractivity contribution is 7.81. The van der Waals surface area contributed by atoms with Crippen LogP contribution >= 0.6 is 12.8 Å². The van der Waals surface area contributed by atoms with E-state index in [1.54, 1.807) is 23.5 Å². The Hall–Kier alpha value is -1.42. The first-order valence-corrected chi connectivity index (χ1v) is 6.36. The van der Waals surface area contributed by atoms with E-state index in [1.165, 1.54) is 6.42 Å². The minimum Gasteiger partial charge on any atom is -0.478 e. The lowest BCUT2D eigenvalue weighted by Crippen LogP contribution is -2.04. The number of hydrogen-bond donors (Lipinski definition) is 2. The van der Waals surface area contributed by atoms with Gasteiger partial charge in [0.1, 0.15) is 0 Å². The number of rotatable bonds is 4. The smallest absolute Gasteiger partial charge is 0.335 e. The third-order valence-corrected chi connectivity index (χ3v) is 3.50. The molecule has 18 heavy (non-hydrogen) atoms. The molecule has 0 aromatic heterocycles. The highest BCUT2D eigenvalue weighted by Crippen LogP contribution is 2.39. The van der Waals surface area contributed by atoms with Gasteiger partial charge in [0, 0.05) is 12.7 Å². The van der Waals surface area contributed by atoms with E-state index >= 15 is 0 Å². The molecule has 2 unspecified atom stereocenters. The second-order valence-electron chi connectivity index (χ2n) is 4.88. The number of carboxylic acid groups (broad SMARTS) is 1. The third kappa shape index (κ3) is 3.07. The van der Waals surface area contributed by atoms with E-state index in [9.17, 15) is 4.79 Å². The summed E-state index contributed by atoms with van der Waals surface area (Å²) in [6, 6.07) is 5.24. The van der Waals surface area contributed by atoms with Crippen LogP contribution in [0.15, 0.2) is 24.3 Å². The molecule has 4 heteroatoms. The molecule has 0 spiro atoms. The molecule has 1 aliphatic rings. The summed E-state index contributed by atoms with van der Waals surface area (Å²) in [6.45, 7) is 2.22. The van der Waals surface area contributed by atoms with Crippen LogP contribution in [0.3, 0.4) is 0 Å². The molecule has 1 fully saturated rings. The molecule has 3 nitrogen and oxygen atoms in total. The lowest BCUT2D eigenvalue weighted by atomic mass is 10.1. The normalized spacial score (nSPS) is 22.2. The Morgan fingerprint density at radius 1 is 1.50 bits per heavy atom. The Balaban J connectivity index is 2.28. The second-order valence-corrected chi connectivity index (χ2v) is 5.48. The van der Waals surface area contributed by atoms with Gasteiger partial charge in [0.2, 0.25) is 0 Å². The fraction of sp³-hybridized carbons (Fsp3) is 0.357. The number of carbonyl (C=O) groups is 1. The van der Waals surface area contributed by atoms with Crippen LogP contribution in [0.4, 0.5) is 5.69 Å². The van der Waals surface area contributed by atoms with Crippen molar-refractivity contribution in [3.05, 3.63) is 35.4 Å². The highest BCUT2D eigenvalue weighted by Gasteiger charge is 2.29. The molecule has 0 aliphatic heterocycles. The lowest BCUT2D eigenvalue weighted by molar-refractivity contribution is 0.0697. The second kappa shape index (κ2) is 5.06. The van der Waals surface area contributed by atoms with Crippen molar-refractivity contribution < 1.29 is 9.90 Å². The topological polar surface area (TPSA) is 40.5 Å². The molecule has 0 amide bonds. The van der Waals surface area contributed by atoms with Crippen molar-refractivity contribution in [3.8, 4) is 0 Å². The van der Waals surface area contributed by atoms with Crippen molar-refractivity contribution >= 4 is 30.5 Å². The molecule has 1 saturated carbocycles. The summed E-state index contributed by atoms with van der Waals surface area (Å²) < 4.78 is 1.61. The number of thiol groups is 1. The van der Waals surface area contributed by atoms with E-state index < -0.39 is 5.97 Å². The van der Waals surface area contributed by atoms with Gasteiger partial charge in [0.15, 0.2) is 0 Å². The molecular formula is C14H17NO2S. The average molecular weight is 263 g/mol. The summed E-state index contributed by atoms with van der Waals surface area (Å²) in [5.41, 5.74) is 1.98. The maximum atomic E-state index is 11.1. The molecule has 1 aromatic rings. The summed E-state index contributed by atoms with van der Waals surface area (Å²) in [5, 5.41) is 9.08. The quantitative estimate of drug-likeness (QED) is 0.819. The van der Waals surface area contributed by atoms with Gasteiger partial charge < -0.3 is 9.41 Å². The highest BCUT2D eigenvalue weighted by atomic mass is 32.1. The first kappa shape index (κ1) is 13.0. The summed E-state index contributed by atoms with van der Waals surface area (Å²) in [5.74, 6) is 0.494. The van der Waals surface area contributed by atoms with E-state index in [1.807, 2.05) is 12.1 Å². The Kier molecular flexibility index (Phi) is 3.66. The van der Waals surface area contributed by atoms with Crippen LogP contribution in [0, 0.1) is 11.8 Å². The number of aromatic carboxylic acids is 1. The van der Waals surface area contributed by atoms with Gasteiger partial charge in [-0.25, -0.2) is 4.79 Å². The van der Waals surface area contributed by atoms with Gasteiger partial charge in [-0.2, -0.15) is 0 Å². The van der Waals surface area contributed by atoms with Crippen molar-refractivity contribution in [2.45, 2.75) is 13.3 Å². The number of anilines is 1. The van der Waals surface area contributed by atoms with Crippen LogP contribution in [-0.2, 0) is 0 Å². The summed E-state index contributed by atoms with van der Waals surface area (Å²) in [4.78, 5) is 11.1. The molecule has 2 rings (SSSR count). The molecule has 0 bridgehead atoms. The summed E-state index contributed by atoms with van der Waals surface area (Å²) in [7, 11) is 1.78. The van der Waals surface area contributed by atoms with Gasteiger partial charge in [-0.3, -0.25) is 0 Å². The number of carboxylic acids is 1. The fourth-order valence-corrected chi connectivity index (χ4v) is 2.01. The Bertz CT molecular complexity index is 497. The number of benzene rings is 1. The number of allylic oxidation sites excluding steroid dienone is 1. The van der Waals surface area contributed by atoms with Crippen LogP contribution in [0.25, 0.3) is 6.08 Å². The number of hydrogen-bond acceptors (Lipinski definition) is 3. The van der Waals surface area contributed by atoms with Crippen molar-refractivity contribution in [3.63, 3.8) is 0 Å². The predicted molar refractivity (Wildman–Crippen MR) is 77.1 cm³/mol. The van der Waals surface area contributed by atoms with Gasteiger partial charge >= 0.3 is 5.97 Å². The van der Waals surface area contributed by atoms with Crippen LogP contribution in [-0.4, -0.2) is 18.1 Å². The molecule has 96 valence electrons. The fourth-order valence-electron chi connectivity index (χ4n) is 1.89. The zero-order chi connectivity index (χ0) is 13.3. The molecule has 0 saturated heterocycles. The SMILES string of the molecule is CC1CC1/C=C\c1cc(C(=O)O)cc(N(C)S)c1. The molecular weight excluding hydrogens is 246 g/mol. The van der Waals surface area contributed by atoms with Gasteiger partial charge in [-0.1, -0.05) is 31.9 Å². The average Bonchev–Trinajstić information content (AvgIpc) is 3.02. The Morgan fingerprint density at radius 3 is 2.67 bits per heavy atom. The van der Waals surface area contributed by atoms with Crippen LogP contribution in [0.1, 0.15) is 29.3 Å². The Labute approximate surface area is 113 Å². The number of nitrogens with zero attached hydrogens (tertiary/aromatic N) is 1. The lowest BCUT2D eigenvalue weighted by Gasteiger charge is -2.12. The molecule has 1 aromatic carbocycles. The van der Waals surface area contributed by atoms with E-state index in [2.05, 4.69) is 25.8 Å². The van der Waals surface area contributed by atoms with Gasteiger partial charge in [0.25, 0.3) is 0 Å². The minimum absolute atomic E-state index is 0.289. The molecule has 1 aliphatic carbocycles. The zero-order valence-corrected chi connectivity index (χ0v) is 11.4. The third-order valence-electron chi connectivity index (χ3n) is 3.27. The van der Waals surface area contributed by atoms with E-state index in [0.717, 1.165) is 17.2 Å². The molecule has 2 atom stereocenters. The van der Waals surface area contributed by atoms with E-state index in [0.29, 0.717) is 5.92 Å². The monoisotopic (exact) mass is 263 g/mol. The summed E-state index contributed by atoms with van der Waals surface area (Å²) in [6.07, 6.45) is 5.39. The standard InChI is InChI=1S/C14H17NO2S/c1-9-5-11(9)4-3-10-6-12(14(16)17)8-13(7-10)15(2)18/h3-4,6-9,11,18H,5H2,1-2H3,(H,16,17)/b4-3-. The first-order valence-electron chi connectivity index (χ1n) is 5.96. The van der Waals surface area contributed by atoms with E-state index in [-0.39, 0.29) is 5.56 Å². The first-order chi connectivity index (χ1) is 8.47. The van der Waals surface area contributed by atoms with Gasteiger partial charge in [0.05, 0.1) is 5.56 Å². The van der Waals surface area contributed by atoms with Crippen LogP contribution in [0.2, 0.25) is 0 Å². The van der Waals surface area contributed by atoms with Crippen LogP contribution < -0.4 is 4.31 Å². The maximum absolute atomic E-state index is 11.1. The predicted octanol–water partition coefficient (Wildman–Crippen LogP) is 3.34. The molecule has 1 N–H and O–H groups in total. The van der Waals surface area contributed by atoms with Crippen molar-refractivity contribution in [1.29, 1.82) is 0 Å². The van der Waals surface area contributed by atoms with Gasteiger partial charge in [-0.05, 0) is 42.0 Å². The zero-order valence-electron chi connectivity index (χ0n) is 10.5. The molecule has 0 radical (unpaired) electrons.